The fourth-order valence-electron chi connectivity index (χ4n) is 2.95. The van der Waals surface area contributed by atoms with Crippen LogP contribution in [0.1, 0.15) is 47.6 Å². The summed E-state index contributed by atoms with van der Waals surface area (Å²) in [6.07, 6.45) is 5.18. The number of aromatic nitrogens is 2. The fourth-order valence-corrected chi connectivity index (χ4v) is 3.61. The Hall–Kier alpha value is -1.14. The molecule has 0 aromatic carbocycles. The number of likely N-dealkylation sites (N-methyl/N-ethyl adjacent to an activating group) is 1. The van der Waals surface area contributed by atoms with Gasteiger partial charge in [0.2, 0.25) is 0 Å². The van der Waals surface area contributed by atoms with E-state index in [0.717, 1.165) is 25.7 Å². The highest BCUT2D eigenvalue weighted by atomic mass is 32.2. The summed E-state index contributed by atoms with van der Waals surface area (Å²) in [6.45, 7) is 3.67. The van der Waals surface area contributed by atoms with Gasteiger partial charge in [-0.25, -0.2) is 9.97 Å². The molecule has 1 aromatic heterocycles. The van der Waals surface area contributed by atoms with Gasteiger partial charge in [-0.05, 0) is 32.9 Å². The smallest absolute Gasteiger partial charge is 0.258 e. The first-order valence-corrected chi connectivity index (χ1v) is 8.52. The molecule has 1 N–H and O–H groups in total. The SMILES string of the molecule is CSc1nc(C)nc(C)c1C(=O)N(C)C1CCCCC1O. The van der Waals surface area contributed by atoms with Crippen LogP contribution in [0.4, 0.5) is 0 Å². The lowest BCUT2D eigenvalue weighted by Crippen LogP contribution is -2.46. The lowest BCUT2D eigenvalue weighted by molar-refractivity contribution is 0.0264. The molecule has 0 spiro atoms. The Kier molecular flexibility index (Phi) is 5.22. The molecule has 5 nitrogen and oxygen atoms in total. The minimum atomic E-state index is -0.433. The van der Waals surface area contributed by atoms with Crippen molar-refractivity contribution < 1.29 is 9.90 Å². The van der Waals surface area contributed by atoms with Crippen molar-refractivity contribution >= 4 is 17.7 Å². The number of nitrogens with zero attached hydrogens (tertiary/aromatic N) is 3. The Morgan fingerprint density at radius 2 is 1.95 bits per heavy atom. The van der Waals surface area contributed by atoms with Gasteiger partial charge in [0.05, 0.1) is 23.4 Å². The van der Waals surface area contributed by atoms with Crippen LogP contribution in [0.2, 0.25) is 0 Å². The minimum absolute atomic E-state index is 0.0946. The molecule has 0 aliphatic heterocycles. The highest BCUT2D eigenvalue weighted by Crippen LogP contribution is 2.27. The average Bonchev–Trinajstić information content (AvgIpc) is 2.45. The highest BCUT2D eigenvalue weighted by Gasteiger charge is 2.31. The van der Waals surface area contributed by atoms with Crippen molar-refractivity contribution in [2.45, 2.75) is 56.7 Å². The quantitative estimate of drug-likeness (QED) is 0.685. The third-order valence-electron chi connectivity index (χ3n) is 4.09. The summed E-state index contributed by atoms with van der Waals surface area (Å²) in [5.41, 5.74) is 1.27. The van der Waals surface area contributed by atoms with Crippen molar-refractivity contribution in [2.24, 2.45) is 0 Å². The summed E-state index contributed by atoms with van der Waals surface area (Å²) < 4.78 is 0. The Bertz CT molecular complexity index is 536. The first kappa shape index (κ1) is 16.2. The zero-order valence-electron chi connectivity index (χ0n) is 13.1. The molecule has 1 amide bonds. The summed E-state index contributed by atoms with van der Waals surface area (Å²) >= 11 is 1.46. The van der Waals surface area contributed by atoms with Crippen LogP contribution in [0.25, 0.3) is 0 Å². The first-order chi connectivity index (χ1) is 9.95. The lowest BCUT2D eigenvalue weighted by atomic mass is 9.91. The minimum Gasteiger partial charge on any atom is -0.391 e. The summed E-state index contributed by atoms with van der Waals surface area (Å²) in [6, 6.07) is -0.110. The molecule has 21 heavy (non-hydrogen) atoms. The van der Waals surface area contributed by atoms with Crippen molar-refractivity contribution in [3.05, 3.63) is 17.1 Å². The van der Waals surface area contributed by atoms with Gasteiger partial charge in [0.1, 0.15) is 10.9 Å². The van der Waals surface area contributed by atoms with Gasteiger partial charge in [0, 0.05) is 7.05 Å². The predicted octanol–water partition coefficient (Wildman–Crippen LogP) is 2.19. The largest absolute Gasteiger partial charge is 0.391 e. The third kappa shape index (κ3) is 3.37. The van der Waals surface area contributed by atoms with Gasteiger partial charge >= 0.3 is 0 Å². The van der Waals surface area contributed by atoms with Gasteiger partial charge in [-0.2, -0.15) is 0 Å². The van der Waals surface area contributed by atoms with E-state index in [4.69, 9.17) is 0 Å². The third-order valence-corrected chi connectivity index (χ3v) is 4.77. The topological polar surface area (TPSA) is 66.3 Å². The van der Waals surface area contributed by atoms with Crippen LogP contribution in [-0.2, 0) is 0 Å². The normalized spacial score (nSPS) is 22.1. The zero-order valence-corrected chi connectivity index (χ0v) is 13.9. The van der Waals surface area contributed by atoms with E-state index in [0.29, 0.717) is 22.1 Å². The Balaban J connectivity index is 2.31. The molecule has 2 atom stereocenters. The summed E-state index contributed by atoms with van der Waals surface area (Å²) in [5.74, 6) is 0.580. The number of carbonyl (C=O) groups excluding carboxylic acids is 1. The Morgan fingerprint density at radius 3 is 2.57 bits per heavy atom. The maximum absolute atomic E-state index is 12.8. The van der Waals surface area contributed by atoms with Crippen LogP contribution in [0.3, 0.4) is 0 Å². The zero-order chi connectivity index (χ0) is 15.6. The van der Waals surface area contributed by atoms with Crippen LogP contribution in [0.5, 0.6) is 0 Å². The van der Waals surface area contributed by atoms with E-state index >= 15 is 0 Å². The van der Waals surface area contributed by atoms with Crippen molar-refractivity contribution in [1.82, 2.24) is 14.9 Å². The highest BCUT2D eigenvalue weighted by molar-refractivity contribution is 7.98. The maximum Gasteiger partial charge on any atom is 0.258 e. The van der Waals surface area contributed by atoms with Gasteiger partial charge in [-0.3, -0.25) is 4.79 Å². The second kappa shape index (κ2) is 6.75. The summed E-state index contributed by atoms with van der Waals surface area (Å²) in [4.78, 5) is 23.2. The van der Waals surface area contributed by atoms with Gasteiger partial charge in [-0.1, -0.05) is 12.8 Å². The summed E-state index contributed by atoms with van der Waals surface area (Å²) in [7, 11) is 1.77. The van der Waals surface area contributed by atoms with Gasteiger partial charge < -0.3 is 10.0 Å². The van der Waals surface area contributed by atoms with Crippen molar-refractivity contribution in [1.29, 1.82) is 0 Å². The monoisotopic (exact) mass is 309 g/mol. The van der Waals surface area contributed by atoms with E-state index in [1.54, 1.807) is 11.9 Å². The van der Waals surface area contributed by atoms with E-state index in [1.165, 1.54) is 11.8 Å². The molecule has 2 rings (SSSR count). The Morgan fingerprint density at radius 1 is 1.29 bits per heavy atom. The molecule has 0 bridgehead atoms. The first-order valence-electron chi connectivity index (χ1n) is 7.30. The molecule has 0 saturated heterocycles. The van der Waals surface area contributed by atoms with E-state index in [9.17, 15) is 9.90 Å². The molecule has 1 fully saturated rings. The van der Waals surface area contributed by atoms with Crippen LogP contribution < -0.4 is 0 Å². The number of aliphatic hydroxyl groups excluding tert-OH is 1. The average molecular weight is 309 g/mol. The van der Waals surface area contributed by atoms with Gasteiger partial charge in [0.25, 0.3) is 5.91 Å². The molecule has 1 heterocycles. The van der Waals surface area contributed by atoms with Crippen LogP contribution >= 0.6 is 11.8 Å². The molecular weight excluding hydrogens is 286 g/mol. The van der Waals surface area contributed by atoms with Crippen molar-refractivity contribution in [2.75, 3.05) is 13.3 Å². The van der Waals surface area contributed by atoms with E-state index in [2.05, 4.69) is 9.97 Å². The number of hydrogen-bond acceptors (Lipinski definition) is 5. The number of thioether (sulfide) groups is 1. The van der Waals surface area contributed by atoms with E-state index in [-0.39, 0.29) is 11.9 Å². The van der Waals surface area contributed by atoms with Crippen LogP contribution in [0.15, 0.2) is 5.03 Å². The predicted molar refractivity (Wildman–Crippen MR) is 83.6 cm³/mol. The lowest BCUT2D eigenvalue weighted by Gasteiger charge is -2.35. The second-order valence-electron chi connectivity index (χ2n) is 5.58. The number of amides is 1. The second-order valence-corrected chi connectivity index (χ2v) is 6.37. The molecular formula is C15H23N3O2S. The van der Waals surface area contributed by atoms with E-state index in [1.807, 2.05) is 20.1 Å². The number of aryl methyl sites for hydroxylation is 2. The number of rotatable bonds is 3. The van der Waals surface area contributed by atoms with E-state index < -0.39 is 6.10 Å². The number of aliphatic hydroxyl groups is 1. The van der Waals surface area contributed by atoms with Crippen molar-refractivity contribution in [3.8, 4) is 0 Å². The molecule has 1 saturated carbocycles. The molecule has 0 radical (unpaired) electrons. The number of carbonyl (C=O) groups is 1. The van der Waals surface area contributed by atoms with Crippen LogP contribution in [0, 0.1) is 13.8 Å². The molecule has 6 heteroatoms. The maximum atomic E-state index is 12.8. The molecule has 1 aliphatic rings. The van der Waals surface area contributed by atoms with Crippen molar-refractivity contribution in [3.63, 3.8) is 0 Å². The molecule has 2 unspecified atom stereocenters. The number of hydrogen-bond donors (Lipinski definition) is 1. The van der Waals surface area contributed by atoms with Crippen LogP contribution in [-0.4, -0.2) is 51.3 Å². The summed E-state index contributed by atoms with van der Waals surface area (Å²) in [5, 5.41) is 10.9. The van der Waals surface area contributed by atoms with Gasteiger partial charge in [-0.15, -0.1) is 11.8 Å². The molecule has 1 aliphatic carbocycles. The standard InChI is InChI=1S/C15H23N3O2S/c1-9-13(14(21-4)17-10(2)16-9)15(20)18(3)11-7-5-6-8-12(11)19/h11-12,19H,5-8H2,1-4H3. The van der Waals surface area contributed by atoms with Gasteiger partial charge in [0.15, 0.2) is 0 Å². The fraction of sp³-hybridized carbons (Fsp3) is 0.667. The molecule has 116 valence electrons. The molecule has 1 aromatic rings. The Labute approximate surface area is 130 Å².